The van der Waals surface area contributed by atoms with Gasteiger partial charge < -0.3 is 20.3 Å². The molecule has 2 aromatic rings. The number of rotatable bonds is 2. The predicted octanol–water partition coefficient (Wildman–Crippen LogP) is 2.55. The van der Waals surface area contributed by atoms with Gasteiger partial charge in [-0.25, -0.2) is 9.78 Å². The van der Waals surface area contributed by atoms with E-state index in [4.69, 9.17) is 11.6 Å². The van der Waals surface area contributed by atoms with Crippen molar-refractivity contribution in [1.29, 1.82) is 0 Å². The lowest BCUT2D eigenvalue weighted by Crippen LogP contribution is -2.49. The van der Waals surface area contributed by atoms with E-state index in [1.165, 1.54) is 4.90 Å². The van der Waals surface area contributed by atoms with Gasteiger partial charge in [0.05, 0.1) is 5.39 Å². The average molecular weight is 310 g/mol. The van der Waals surface area contributed by atoms with Crippen molar-refractivity contribution in [2.24, 2.45) is 0 Å². The van der Waals surface area contributed by atoms with Gasteiger partial charge in [-0.1, -0.05) is 0 Å². The molecule has 0 aromatic carbocycles. The Bertz CT molecular complexity index is 674. The molecule has 1 aliphatic heterocycles. The van der Waals surface area contributed by atoms with Gasteiger partial charge >= 0.3 is 6.09 Å². The van der Waals surface area contributed by atoms with Crippen LogP contribution in [0.1, 0.15) is 19.8 Å². The molecular weight excluding hydrogens is 294 g/mol. The van der Waals surface area contributed by atoms with Gasteiger partial charge in [0.1, 0.15) is 11.5 Å². The van der Waals surface area contributed by atoms with Crippen LogP contribution in [0.5, 0.6) is 0 Å². The summed E-state index contributed by atoms with van der Waals surface area (Å²) in [5.41, 5.74) is 0.664. The number of carbonyl (C=O) groups is 1. The Kier molecular flexibility index (Phi) is 3.59. The lowest BCUT2D eigenvalue weighted by Gasteiger charge is -2.36. The Labute approximate surface area is 126 Å². The number of likely N-dealkylation sites (tertiary alicyclic amines) is 1. The predicted molar refractivity (Wildman–Crippen MR) is 79.7 cm³/mol. The molecule has 8 heteroatoms. The molecule has 1 fully saturated rings. The zero-order chi connectivity index (χ0) is 15.0. The highest BCUT2D eigenvalue weighted by Crippen LogP contribution is 2.25. The second-order valence-corrected chi connectivity index (χ2v) is 5.62. The van der Waals surface area contributed by atoms with Crippen molar-refractivity contribution in [2.45, 2.75) is 31.8 Å². The third kappa shape index (κ3) is 2.73. The van der Waals surface area contributed by atoms with Gasteiger partial charge in [-0.2, -0.15) is 4.98 Å². The summed E-state index contributed by atoms with van der Waals surface area (Å²) >= 11 is 5.91. The summed E-state index contributed by atoms with van der Waals surface area (Å²) in [5.74, 6) is 0.635. The van der Waals surface area contributed by atoms with Crippen LogP contribution in [0.3, 0.4) is 0 Å². The van der Waals surface area contributed by atoms with E-state index in [0.29, 0.717) is 18.0 Å². The first-order valence-electron chi connectivity index (χ1n) is 6.81. The number of halogens is 1. The molecule has 1 saturated heterocycles. The molecule has 2 aromatic heterocycles. The zero-order valence-corrected chi connectivity index (χ0v) is 12.3. The van der Waals surface area contributed by atoms with E-state index in [1.807, 2.05) is 13.0 Å². The van der Waals surface area contributed by atoms with E-state index >= 15 is 0 Å². The number of fused-ring (bicyclic) bond motifs is 1. The van der Waals surface area contributed by atoms with Gasteiger partial charge in [0.15, 0.2) is 0 Å². The van der Waals surface area contributed by atoms with Crippen molar-refractivity contribution in [3.63, 3.8) is 0 Å². The number of amides is 1. The number of nitrogens with one attached hydrogen (secondary N) is 2. The van der Waals surface area contributed by atoms with Gasteiger partial charge in [0, 0.05) is 24.8 Å². The topological polar surface area (TPSA) is 94.1 Å². The fourth-order valence-corrected chi connectivity index (χ4v) is 2.88. The number of hydrogen-bond donors (Lipinski definition) is 3. The van der Waals surface area contributed by atoms with Crippen molar-refractivity contribution < 1.29 is 9.90 Å². The smallest absolute Gasteiger partial charge is 0.407 e. The summed E-state index contributed by atoms with van der Waals surface area (Å²) in [6.07, 6.45) is 2.59. The number of anilines is 1. The molecule has 1 amide bonds. The van der Waals surface area contributed by atoms with E-state index in [9.17, 15) is 9.90 Å². The molecule has 2 atom stereocenters. The van der Waals surface area contributed by atoms with Crippen molar-refractivity contribution in [3.05, 3.63) is 17.5 Å². The molecule has 0 saturated carbocycles. The van der Waals surface area contributed by atoms with Gasteiger partial charge in [-0.05, 0) is 37.4 Å². The van der Waals surface area contributed by atoms with Gasteiger partial charge in [0.25, 0.3) is 0 Å². The molecule has 7 nitrogen and oxygen atoms in total. The number of aromatic amines is 1. The summed E-state index contributed by atoms with van der Waals surface area (Å²) in [5, 5.41) is 13.5. The van der Waals surface area contributed by atoms with E-state index in [2.05, 4.69) is 20.3 Å². The Morgan fingerprint density at radius 2 is 2.33 bits per heavy atom. The molecule has 2 unspecified atom stereocenters. The number of H-pyrrole nitrogens is 1. The number of piperidine rings is 1. The van der Waals surface area contributed by atoms with E-state index in [-0.39, 0.29) is 17.4 Å². The highest BCUT2D eigenvalue weighted by Gasteiger charge is 2.29. The maximum atomic E-state index is 11.2. The molecule has 0 radical (unpaired) electrons. The molecule has 1 aliphatic rings. The summed E-state index contributed by atoms with van der Waals surface area (Å²) in [6, 6.07) is 1.93. The third-order valence-electron chi connectivity index (χ3n) is 3.86. The quantitative estimate of drug-likeness (QED) is 0.741. The van der Waals surface area contributed by atoms with Crippen LogP contribution in [0.25, 0.3) is 11.0 Å². The van der Waals surface area contributed by atoms with Crippen molar-refractivity contribution in [1.82, 2.24) is 19.9 Å². The van der Waals surface area contributed by atoms with E-state index < -0.39 is 6.09 Å². The van der Waals surface area contributed by atoms with Crippen LogP contribution in [-0.2, 0) is 0 Å². The Balaban J connectivity index is 1.82. The first-order chi connectivity index (χ1) is 10.0. The summed E-state index contributed by atoms with van der Waals surface area (Å²) in [6.45, 7) is 2.36. The molecular formula is C13H16ClN5O2. The fraction of sp³-hybridized carbons (Fsp3) is 0.462. The van der Waals surface area contributed by atoms with Crippen LogP contribution in [-0.4, -0.2) is 49.7 Å². The van der Waals surface area contributed by atoms with Crippen LogP contribution < -0.4 is 5.32 Å². The Hall–Kier alpha value is -2.02. The lowest BCUT2D eigenvalue weighted by atomic mass is 10.00. The molecule has 3 N–H and O–H groups in total. The second-order valence-electron chi connectivity index (χ2n) is 5.28. The highest BCUT2D eigenvalue weighted by atomic mass is 35.5. The highest BCUT2D eigenvalue weighted by molar-refractivity contribution is 6.28. The normalized spacial score (nSPS) is 22.5. The zero-order valence-electron chi connectivity index (χ0n) is 11.5. The van der Waals surface area contributed by atoms with Crippen molar-refractivity contribution in [2.75, 3.05) is 11.9 Å². The van der Waals surface area contributed by atoms with Crippen LogP contribution in [0.2, 0.25) is 5.28 Å². The molecule has 112 valence electrons. The van der Waals surface area contributed by atoms with Gasteiger partial charge in [0.2, 0.25) is 5.28 Å². The standard InChI is InChI=1S/C13H16ClN5O2/c1-7-2-3-8(6-19(7)13(20)21)16-11-9-4-5-15-10(9)17-12(14)18-11/h4-5,7-8H,2-3,6H2,1H3,(H,20,21)(H2,15,16,17,18). The lowest BCUT2D eigenvalue weighted by molar-refractivity contribution is 0.108. The van der Waals surface area contributed by atoms with Crippen LogP contribution in [0, 0.1) is 0 Å². The first-order valence-corrected chi connectivity index (χ1v) is 7.19. The van der Waals surface area contributed by atoms with E-state index in [0.717, 1.165) is 18.2 Å². The Morgan fingerprint density at radius 3 is 3.10 bits per heavy atom. The molecule has 3 heterocycles. The van der Waals surface area contributed by atoms with Gasteiger partial charge in [-0.3, -0.25) is 0 Å². The molecule has 0 aliphatic carbocycles. The molecule has 21 heavy (non-hydrogen) atoms. The molecule has 0 bridgehead atoms. The monoisotopic (exact) mass is 309 g/mol. The minimum atomic E-state index is -0.887. The maximum Gasteiger partial charge on any atom is 0.407 e. The third-order valence-corrected chi connectivity index (χ3v) is 4.03. The number of carboxylic acid groups (broad SMARTS) is 1. The number of hydrogen-bond acceptors (Lipinski definition) is 4. The van der Waals surface area contributed by atoms with Crippen molar-refractivity contribution in [3.8, 4) is 0 Å². The SMILES string of the molecule is CC1CCC(Nc2nc(Cl)nc3[nH]ccc23)CN1C(=O)O. The van der Waals surface area contributed by atoms with Crippen LogP contribution >= 0.6 is 11.6 Å². The van der Waals surface area contributed by atoms with Crippen LogP contribution in [0.4, 0.5) is 10.6 Å². The minimum absolute atomic E-state index is 0.0152. The van der Waals surface area contributed by atoms with Gasteiger partial charge in [-0.15, -0.1) is 0 Å². The molecule has 3 rings (SSSR count). The second kappa shape index (κ2) is 5.40. The minimum Gasteiger partial charge on any atom is -0.465 e. The Morgan fingerprint density at radius 1 is 1.52 bits per heavy atom. The summed E-state index contributed by atoms with van der Waals surface area (Å²) < 4.78 is 0. The first kappa shape index (κ1) is 13.9. The summed E-state index contributed by atoms with van der Waals surface area (Å²) in [7, 11) is 0. The summed E-state index contributed by atoms with van der Waals surface area (Å²) in [4.78, 5) is 24.0. The molecule has 0 spiro atoms. The van der Waals surface area contributed by atoms with Crippen molar-refractivity contribution >= 4 is 34.5 Å². The average Bonchev–Trinajstić information content (AvgIpc) is 2.88. The largest absolute Gasteiger partial charge is 0.465 e. The van der Waals surface area contributed by atoms with Crippen LogP contribution in [0.15, 0.2) is 12.3 Å². The van der Waals surface area contributed by atoms with E-state index in [1.54, 1.807) is 6.20 Å². The fourth-order valence-electron chi connectivity index (χ4n) is 2.71. The number of aromatic nitrogens is 3. The maximum absolute atomic E-state index is 11.2. The number of nitrogens with zero attached hydrogens (tertiary/aromatic N) is 3.